The molecule has 0 aliphatic carbocycles. The predicted molar refractivity (Wildman–Crippen MR) is 95.9 cm³/mol. The number of carboxylic acid groups (broad SMARTS) is 1. The van der Waals surface area contributed by atoms with Crippen LogP contribution in [0.2, 0.25) is 0 Å². The number of nitrogens with zero attached hydrogens (tertiary/aromatic N) is 3. The van der Waals surface area contributed by atoms with Crippen LogP contribution in [0.4, 0.5) is 10.5 Å². The lowest BCUT2D eigenvalue weighted by Gasteiger charge is -2.33. The summed E-state index contributed by atoms with van der Waals surface area (Å²) in [6, 6.07) is 7.49. The normalized spacial score (nSPS) is 14.3. The molecule has 2 N–H and O–H groups in total. The van der Waals surface area contributed by atoms with Crippen molar-refractivity contribution in [2.75, 3.05) is 38.1 Å². The lowest BCUT2D eigenvalue weighted by Crippen LogP contribution is -2.47. The van der Waals surface area contributed by atoms with Gasteiger partial charge in [-0.15, -0.1) is 0 Å². The van der Waals surface area contributed by atoms with E-state index in [-0.39, 0.29) is 17.2 Å². The Balaban J connectivity index is 1.95. The third kappa shape index (κ3) is 5.47. The number of aromatic carboxylic acids is 1. The zero-order chi connectivity index (χ0) is 19.8. The molecule has 0 aromatic heterocycles. The molecule has 1 aromatic rings. The highest BCUT2D eigenvalue weighted by atomic mass is 16.6. The number of carboxylic acids is 1. The Morgan fingerprint density at radius 2 is 1.85 bits per heavy atom. The van der Waals surface area contributed by atoms with Crippen molar-refractivity contribution in [3.8, 4) is 6.07 Å². The molecular formula is C18H20N4O5. The molecule has 1 aromatic carbocycles. The van der Waals surface area contributed by atoms with Gasteiger partial charge in [-0.1, -0.05) is 0 Å². The van der Waals surface area contributed by atoms with Gasteiger partial charge in [-0.25, -0.2) is 9.59 Å². The van der Waals surface area contributed by atoms with Crippen molar-refractivity contribution < 1.29 is 24.2 Å². The SMILES string of the molecule is CCOC(=O)N1CCN(/C=C(/C#N)C(=O)Nc2ccc(C(=O)O)cc2)CC1. The Bertz CT molecular complexity index is 774. The largest absolute Gasteiger partial charge is 0.478 e. The summed E-state index contributed by atoms with van der Waals surface area (Å²) >= 11 is 0. The zero-order valence-electron chi connectivity index (χ0n) is 14.8. The number of rotatable bonds is 5. The number of hydrogen-bond acceptors (Lipinski definition) is 6. The minimum atomic E-state index is -1.06. The van der Waals surface area contributed by atoms with Crippen LogP contribution in [0.5, 0.6) is 0 Å². The quantitative estimate of drug-likeness (QED) is 0.593. The smallest absolute Gasteiger partial charge is 0.409 e. The van der Waals surface area contributed by atoms with Crippen LogP contribution < -0.4 is 5.32 Å². The summed E-state index contributed by atoms with van der Waals surface area (Å²) in [5, 5.41) is 20.7. The van der Waals surface area contributed by atoms with Gasteiger partial charge in [-0.05, 0) is 31.2 Å². The Hall–Kier alpha value is -3.54. The van der Waals surface area contributed by atoms with Crippen LogP contribution in [-0.2, 0) is 9.53 Å². The number of nitriles is 1. The number of anilines is 1. The van der Waals surface area contributed by atoms with E-state index in [2.05, 4.69) is 5.32 Å². The molecular weight excluding hydrogens is 352 g/mol. The zero-order valence-corrected chi connectivity index (χ0v) is 14.8. The van der Waals surface area contributed by atoms with Gasteiger partial charge in [0.25, 0.3) is 5.91 Å². The number of benzene rings is 1. The molecule has 1 aliphatic heterocycles. The van der Waals surface area contributed by atoms with Crippen LogP contribution in [0.3, 0.4) is 0 Å². The average molecular weight is 372 g/mol. The van der Waals surface area contributed by atoms with E-state index in [4.69, 9.17) is 9.84 Å². The van der Waals surface area contributed by atoms with Crippen molar-refractivity contribution in [1.82, 2.24) is 9.80 Å². The van der Waals surface area contributed by atoms with Crippen LogP contribution in [0.1, 0.15) is 17.3 Å². The van der Waals surface area contributed by atoms with Crippen molar-refractivity contribution in [3.63, 3.8) is 0 Å². The van der Waals surface area contributed by atoms with E-state index in [1.807, 2.05) is 6.07 Å². The predicted octanol–water partition coefficient (Wildman–Crippen LogP) is 1.50. The fourth-order valence-corrected chi connectivity index (χ4v) is 2.46. The van der Waals surface area contributed by atoms with Crippen LogP contribution in [-0.4, -0.2) is 65.7 Å². The third-order valence-corrected chi connectivity index (χ3v) is 3.91. The van der Waals surface area contributed by atoms with Crippen LogP contribution >= 0.6 is 0 Å². The van der Waals surface area contributed by atoms with Crippen LogP contribution in [0, 0.1) is 11.3 Å². The van der Waals surface area contributed by atoms with Crippen LogP contribution in [0.15, 0.2) is 36.0 Å². The Morgan fingerprint density at radius 3 is 2.37 bits per heavy atom. The Kier molecular flexibility index (Phi) is 6.77. The van der Waals surface area contributed by atoms with Crippen molar-refractivity contribution in [2.45, 2.75) is 6.92 Å². The number of hydrogen-bond donors (Lipinski definition) is 2. The fourth-order valence-electron chi connectivity index (χ4n) is 2.46. The van der Waals surface area contributed by atoms with Crippen molar-refractivity contribution in [1.29, 1.82) is 5.26 Å². The second kappa shape index (κ2) is 9.24. The summed E-state index contributed by atoms with van der Waals surface area (Å²) in [5.41, 5.74) is 0.406. The summed E-state index contributed by atoms with van der Waals surface area (Å²) in [6.45, 7) is 3.88. The molecule has 0 unspecified atom stereocenters. The van der Waals surface area contributed by atoms with E-state index >= 15 is 0 Å². The highest BCUT2D eigenvalue weighted by Gasteiger charge is 2.21. The number of carbonyl (C=O) groups is 3. The van der Waals surface area contributed by atoms with Crippen molar-refractivity contribution in [2.24, 2.45) is 0 Å². The summed E-state index contributed by atoms with van der Waals surface area (Å²) in [7, 11) is 0. The second-order valence-electron chi connectivity index (χ2n) is 5.71. The fraction of sp³-hybridized carbons (Fsp3) is 0.333. The maximum atomic E-state index is 12.3. The lowest BCUT2D eigenvalue weighted by molar-refractivity contribution is -0.112. The number of carbonyl (C=O) groups excluding carboxylic acids is 2. The molecule has 0 saturated carbocycles. The van der Waals surface area contributed by atoms with Gasteiger partial charge in [0.15, 0.2) is 0 Å². The number of nitrogens with one attached hydrogen (secondary N) is 1. The molecule has 1 heterocycles. The topological polar surface area (TPSA) is 123 Å². The molecule has 1 aliphatic rings. The standard InChI is InChI=1S/C18H20N4O5/c1-2-27-18(26)22-9-7-21(8-10-22)12-14(11-19)16(23)20-15-5-3-13(4-6-15)17(24)25/h3-6,12H,2,7-10H2,1H3,(H,20,23)(H,24,25)/b14-12-. The van der Waals surface area contributed by atoms with Gasteiger partial charge in [0.1, 0.15) is 11.6 Å². The molecule has 9 nitrogen and oxygen atoms in total. The van der Waals surface area contributed by atoms with Gasteiger partial charge in [0.2, 0.25) is 0 Å². The first kappa shape index (κ1) is 19.8. The lowest BCUT2D eigenvalue weighted by atomic mass is 10.2. The molecule has 2 amide bonds. The van der Waals surface area contributed by atoms with Gasteiger partial charge >= 0.3 is 12.1 Å². The van der Waals surface area contributed by atoms with Gasteiger partial charge in [0, 0.05) is 38.1 Å². The first-order chi connectivity index (χ1) is 12.9. The first-order valence-electron chi connectivity index (χ1n) is 8.37. The molecule has 0 radical (unpaired) electrons. The molecule has 1 fully saturated rings. The molecule has 0 bridgehead atoms. The molecule has 0 spiro atoms. The molecule has 1 saturated heterocycles. The third-order valence-electron chi connectivity index (χ3n) is 3.91. The van der Waals surface area contributed by atoms with Gasteiger partial charge in [-0.3, -0.25) is 4.79 Å². The molecule has 142 valence electrons. The van der Waals surface area contributed by atoms with E-state index in [1.54, 1.807) is 16.7 Å². The monoisotopic (exact) mass is 372 g/mol. The summed E-state index contributed by atoms with van der Waals surface area (Å²) in [5.74, 6) is -1.65. The maximum absolute atomic E-state index is 12.3. The minimum absolute atomic E-state index is 0.0816. The summed E-state index contributed by atoms with van der Waals surface area (Å²) < 4.78 is 4.95. The van der Waals surface area contributed by atoms with Crippen LogP contribution in [0.25, 0.3) is 0 Å². The van der Waals surface area contributed by atoms with Gasteiger partial charge < -0.3 is 25.0 Å². The van der Waals surface area contributed by atoms with Crippen molar-refractivity contribution >= 4 is 23.7 Å². The van der Waals surface area contributed by atoms with E-state index in [9.17, 15) is 19.6 Å². The Morgan fingerprint density at radius 1 is 1.22 bits per heavy atom. The molecule has 2 rings (SSSR count). The molecule has 27 heavy (non-hydrogen) atoms. The Labute approximate surface area is 156 Å². The second-order valence-corrected chi connectivity index (χ2v) is 5.71. The summed E-state index contributed by atoms with van der Waals surface area (Å²) in [4.78, 5) is 38.1. The highest BCUT2D eigenvalue weighted by Crippen LogP contribution is 2.12. The molecule has 0 atom stereocenters. The minimum Gasteiger partial charge on any atom is -0.478 e. The first-order valence-corrected chi connectivity index (χ1v) is 8.37. The number of ether oxygens (including phenoxy) is 1. The highest BCUT2D eigenvalue weighted by molar-refractivity contribution is 6.06. The van der Waals surface area contributed by atoms with E-state index < -0.39 is 11.9 Å². The van der Waals surface area contributed by atoms with Gasteiger partial charge in [-0.2, -0.15) is 5.26 Å². The van der Waals surface area contributed by atoms with E-state index in [0.717, 1.165) is 0 Å². The van der Waals surface area contributed by atoms with E-state index in [0.29, 0.717) is 38.5 Å². The summed E-state index contributed by atoms with van der Waals surface area (Å²) in [6.07, 6.45) is 1.09. The average Bonchev–Trinajstić information content (AvgIpc) is 2.67. The number of piperazine rings is 1. The van der Waals surface area contributed by atoms with Gasteiger partial charge in [0.05, 0.1) is 12.2 Å². The van der Waals surface area contributed by atoms with E-state index in [1.165, 1.54) is 30.5 Å². The van der Waals surface area contributed by atoms with Crippen molar-refractivity contribution in [3.05, 3.63) is 41.6 Å². The maximum Gasteiger partial charge on any atom is 0.409 e. The number of amides is 2. The molecule has 9 heteroatoms.